The molecule has 0 aliphatic rings. The van der Waals surface area contributed by atoms with E-state index in [2.05, 4.69) is 4.74 Å². The Morgan fingerprint density at radius 2 is 1.69 bits per heavy atom. The van der Waals surface area contributed by atoms with Gasteiger partial charge in [-0.1, -0.05) is 31.2 Å². The summed E-state index contributed by atoms with van der Waals surface area (Å²) in [5, 5.41) is -0.0603. The Labute approximate surface area is 79.1 Å². The van der Waals surface area contributed by atoms with Crippen molar-refractivity contribution in [2.45, 2.75) is 13.8 Å². The minimum absolute atomic E-state index is 0. The summed E-state index contributed by atoms with van der Waals surface area (Å²) >= 11 is 5.41. The zero-order chi connectivity index (χ0) is 9.19. The molecule has 1 nitrogen and oxygen atoms in total. The van der Waals surface area contributed by atoms with Crippen LogP contribution in [0.1, 0.15) is 7.43 Å². The van der Waals surface area contributed by atoms with E-state index in [-0.39, 0.29) is 18.2 Å². The van der Waals surface area contributed by atoms with Gasteiger partial charge in [0.1, 0.15) is 5.75 Å². The predicted octanol–water partition coefficient (Wildman–Crippen LogP) is 3.87. The Balaban J connectivity index is 0.00000144. The maximum atomic E-state index is 11.6. The quantitative estimate of drug-likeness (QED) is 0.687. The van der Waals surface area contributed by atoms with E-state index in [9.17, 15) is 13.2 Å². The molecule has 74 valence electrons. The topological polar surface area (TPSA) is 9.23 Å². The Bertz CT molecular complexity index is 272. The molecule has 0 aliphatic carbocycles. The highest BCUT2D eigenvalue weighted by atomic mass is 35.5. The van der Waals surface area contributed by atoms with Crippen molar-refractivity contribution in [3.8, 4) is 5.75 Å². The fourth-order valence-electron chi connectivity index (χ4n) is 0.652. The van der Waals surface area contributed by atoms with E-state index in [4.69, 9.17) is 11.6 Å². The molecule has 0 aromatic heterocycles. The number of ether oxygens (including phenoxy) is 1. The zero-order valence-corrected chi connectivity index (χ0v) is 6.49. The molecule has 0 heterocycles. The molecule has 1 aromatic rings. The average Bonchev–Trinajstić information content (AvgIpc) is 1.91. The van der Waals surface area contributed by atoms with Crippen LogP contribution in [0.25, 0.3) is 0 Å². The summed E-state index contributed by atoms with van der Waals surface area (Å²) in [5.41, 5.74) is 0. The van der Waals surface area contributed by atoms with E-state index < -0.39 is 6.36 Å². The summed E-state index contributed by atoms with van der Waals surface area (Å²) < 4.78 is 38.5. The molecule has 5 heteroatoms. The number of halogens is 4. The standard InChI is InChI=1S/C7H4ClF3O.CH4/c8-5-3-1-2-4-6(5)12-7(9,10)11;/h1-4H;1H4. The van der Waals surface area contributed by atoms with Gasteiger partial charge in [0.25, 0.3) is 0 Å². The molecule has 0 unspecified atom stereocenters. The van der Waals surface area contributed by atoms with Crippen LogP contribution in [-0.2, 0) is 0 Å². The third kappa shape index (κ3) is 4.03. The van der Waals surface area contributed by atoms with Gasteiger partial charge in [0, 0.05) is 0 Å². The average molecular weight is 213 g/mol. The summed E-state index contributed by atoms with van der Waals surface area (Å²) in [6.45, 7) is 0. The molecule has 0 saturated carbocycles. The number of alkyl halides is 3. The van der Waals surface area contributed by atoms with E-state index >= 15 is 0 Å². The summed E-state index contributed by atoms with van der Waals surface area (Å²) in [7, 11) is 0. The second-order valence-electron chi connectivity index (χ2n) is 1.98. The predicted molar refractivity (Wildman–Crippen MR) is 44.9 cm³/mol. The lowest BCUT2D eigenvalue weighted by molar-refractivity contribution is -0.274. The van der Waals surface area contributed by atoms with Gasteiger partial charge in [-0.3, -0.25) is 0 Å². The van der Waals surface area contributed by atoms with Crippen molar-refractivity contribution in [3.05, 3.63) is 29.3 Å². The van der Waals surface area contributed by atoms with Gasteiger partial charge in [-0.05, 0) is 12.1 Å². The molecule has 0 radical (unpaired) electrons. The van der Waals surface area contributed by atoms with Gasteiger partial charge in [0.2, 0.25) is 0 Å². The van der Waals surface area contributed by atoms with Crippen molar-refractivity contribution in [2.75, 3.05) is 0 Å². The monoisotopic (exact) mass is 212 g/mol. The lowest BCUT2D eigenvalue weighted by Crippen LogP contribution is -2.17. The maximum absolute atomic E-state index is 11.6. The Morgan fingerprint density at radius 3 is 2.15 bits per heavy atom. The van der Waals surface area contributed by atoms with E-state index in [1.54, 1.807) is 0 Å². The van der Waals surface area contributed by atoms with Crippen LogP contribution in [0.3, 0.4) is 0 Å². The lowest BCUT2D eigenvalue weighted by Gasteiger charge is -2.09. The molecular formula is C8H8ClF3O. The largest absolute Gasteiger partial charge is 0.573 e. The van der Waals surface area contributed by atoms with Crippen molar-refractivity contribution < 1.29 is 17.9 Å². The highest BCUT2D eigenvalue weighted by Crippen LogP contribution is 2.29. The normalized spacial score (nSPS) is 10.5. The number of benzene rings is 1. The fourth-order valence-corrected chi connectivity index (χ4v) is 0.826. The lowest BCUT2D eigenvalue weighted by atomic mass is 10.3. The highest BCUT2D eigenvalue weighted by Gasteiger charge is 2.31. The minimum atomic E-state index is -4.69. The van der Waals surface area contributed by atoms with E-state index in [0.29, 0.717) is 0 Å². The first kappa shape index (κ1) is 12.1. The zero-order valence-electron chi connectivity index (χ0n) is 5.73. The van der Waals surface area contributed by atoms with Crippen LogP contribution in [0.4, 0.5) is 13.2 Å². The second-order valence-corrected chi connectivity index (χ2v) is 2.39. The molecular weight excluding hydrogens is 205 g/mol. The first-order chi connectivity index (χ1) is 5.49. The van der Waals surface area contributed by atoms with Crippen LogP contribution in [-0.4, -0.2) is 6.36 Å². The number of hydrogen-bond acceptors (Lipinski definition) is 1. The molecule has 0 N–H and O–H groups in total. The summed E-state index contributed by atoms with van der Waals surface area (Å²) in [4.78, 5) is 0. The van der Waals surface area contributed by atoms with Gasteiger partial charge < -0.3 is 4.74 Å². The highest BCUT2D eigenvalue weighted by molar-refractivity contribution is 6.32. The van der Waals surface area contributed by atoms with E-state index in [0.717, 1.165) is 6.07 Å². The Morgan fingerprint density at radius 1 is 1.15 bits per heavy atom. The second kappa shape index (κ2) is 4.37. The molecule has 13 heavy (non-hydrogen) atoms. The third-order valence-electron chi connectivity index (χ3n) is 1.06. The van der Waals surface area contributed by atoms with Gasteiger partial charge in [0.15, 0.2) is 0 Å². The van der Waals surface area contributed by atoms with Gasteiger partial charge in [-0.2, -0.15) is 0 Å². The van der Waals surface area contributed by atoms with Crippen LogP contribution >= 0.6 is 11.6 Å². The van der Waals surface area contributed by atoms with E-state index in [1.165, 1.54) is 18.2 Å². The molecule has 1 aromatic carbocycles. The fraction of sp³-hybridized carbons (Fsp3) is 0.250. The SMILES string of the molecule is C.FC(F)(F)Oc1ccccc1Cl. The van der Waals surface area contributed by atoms with Crippen LogP contribution in [0, 0.1) is 0 Å². The van der Waals surface area contributed by atoms with Crippen molar-refractivity contribution >= 4 is 11.6 Å². The van der Waals surface area contributed by atoms with Crippen LogP contribution in [0.2, 0.25) is 5.02 Å². The van der Waals surface area contributed by atoms with Crippen molar-refractivity contribution in [1.82, 2.24) is 0 Å². The number of para-hydroxylation sites is 1. The Hall–Kier alpha value is -0.900. The molecule has 1 rings (SSSR count). The molecule has 0 atom stereocenters. The molecule has 0 bridgehead atoms. The first-order valence-electron chi connectivity index (χ1n) is 2.99. The molecule has 0 fully saturated rings. The molecule has 0 amide bonds. The van der Waals surface area contributed by atoms with Gasteiger partial charge >= 0.3 is 6.36 Å². The van der Waals surface area contributed by atoms with Gasteiger partial charge in [-0.25, -0.2) is 0 Å². The van der Waals surface area contributed by atoms with Crippen LogP contribution < -0.4 is 4.74 Å². The molecule has 0 saturated heterocycles. The van der Waals surface area contributed by atoms with Crippen LogP contribution in [0.5, 0.6) is 5.75 Å². The minimum Gasteiger partial charge on any atom is -0.404 e. The Kier molecular flexibility index (Phi) is 4.07. The number of hydrogen-bond donors (Lipinski definition) is 0. The van der Waals surface area contributed by atoms with Crippen molar-refractivity contribution in [1.29, 1.82) is 0 Å². The maximum Gasteiger partial charge on any atom is 0.573 e. The van der Waals surface area contributed by atoms with Crippen molar-refractivity contribution in [2.24, 2.45) is 0 Å². The summed E-state index contributed by atoms with van der Waals surface area (Å²) in [5.74, 6) is -0.383. The van der Waals surface area contributed by atoms with Gasteiger partial charge in [0.05, 0.1) is 5.02 Å². The smallest absolute Gasteiger partial charge is 0.404 e. The summed E-state index contributed by atoms with van der Waals surface area (Å²) in [6.07, 6.45) is -4.69. The molecule has 0 spiro atoms. The first-order valence-corrected chi connectivity index (χ1v) is 3.37. The van der Waals surface area contributed by atoms with Crippen molar-refractivity contribution in [3.63, 3.8) is 0 Å². The van der Waals surface area contributed by atoms with Crippen LogP contribution in [0.15, 0.2) is 24.3 Å². The molecule has 0 aliphatic heterocycles. The van der Waals surface area contributed by atoms with E-state index in [1.807, 2.05) is 0 Å². The third-order valence-corrected chi connectivity index (χ3v) is 1.37. The number of rotatable bonds is 1. The van der Waals surface area contributed by atoms with Gasteiger partial charge in [-0.15, -0.1) is 13.2 Å². The summed E-state index contributed by atoms with van der Waals surface area (Å²) in [6, 6.07) is 5.40.